The van der Waals surface area contributed by atoms with Gasteiger partial charge in [0.1, 0.15) is 11.0 Å². The number of hydrogen-bond acceptors (Lipinski definition) is 2. The highest BCUT2D eigenvalue weighted by Crippen LogP contribution is 2.29. The van der Waals surface area contributed by atoms with Crippen LogP contribution in [-0.2, 0) is 11.0 Å². The van der Waals surface area contributed by atoms with Crippen LogP contribution in [-0.4, -0.2) is 33.9 Å². The zero-order valence-corrected chi connectivity index (χ0v) is 15.1. The van der Waals surface area contributed by atoms with Gasteiger partial charge < -0.3 is 0 Å². The van der Waals surface area contributed by atoms with E-state index >= 15 is 0 Å². The third kappa shape index (κ3) is 5.00. The zero-order valence-electron chi connectivity index (χ0n) is 13.5. The third-order valence-corrected chi connectivity index (χ3v) is 6.08. The van der Waals surface area contributed by atoms with Crippen LogP contribution in [0.2, 0.25) is 5.02 Å². The van der Waals surface area contributed by atoms with Crippen molar-refractivity contribution in [3.05, 3.63) is 40.9 Å². The minimum absolute atomic E-state index is 0.676. The first-order chi connectivity index (χ1) is 11.1. The fraction of sp³-hybridized carbons (Fsp3) is 0.500. The zero-order chi connectivity index (χ0) is 16.2. The molecule has 124 valence electrons. The van der Waals surface area contributed by atoms with Gasteiger partial charge in [-0.1, -0.05) is 17.2 Å². The molecular weight excluding hydrogens is 328 g/mol. The standard InChI is InChI=1S/C18H23ClN2OS/c1-14(20-13-16-2-3-16)12-15-8-10-21(11-9-15)23(22)18-6-4-17(19)5-7-18/h4-7,12,16H,2-3,8-11,13H2,1H3. The molecule has 5 heteroatoms. The minimum atomic E-state index is -1.09. The number of halogens is 1. The van der Waals surface area contributed by atoms with Crippen LogP contribution in [0.25, 0.3) is 0 Å². The number of piperidine rings is 1. The van der Waals surface area contributed by atoms with E-state index in [1.165, 1.54) is 18.4 Å². The molecule has 1 saturated carbocycles. The van der Waals surface area contributed by atoms with Gasteiger partial charge in [0.15, 0.2) is 0 Å². The molecule has 1 unspecified atom stereocenters. The second-order valence-electron chi connectivity index (χ2n) is 6.36. The summed E-state index contributed by atoms with van der Waals surface area (Å²) in [5.41, 5.74) is 2.56. The summed E-state index contributed by atoms with van der Waals surface area (Å²) in [4.78, 5) is 5.47. The van der Waals surface area contributed by atoms with Crippen LogP contribution in [0.15, 0.2) is 45.8 Å². The smallest absolute Gasteiger partial charge is 0.127 e. The van der Waals surface area contributed by atoms with Gasteiger partial charge >= 0.3 is 0 Å². The Morgan fingerprint density at radius 3 is 2.57 bits per heavy atom. The van der Waals surface area contributed by atoms with Crippen LogP contribution >= 0.6 is 11.6 Å². The number of hydrogen-bond donors (Lipinski definition) is 0. The highest BCUT2D eigenvalue weighted by molar-refractivity contribution is 7.82. The number of allylic oxidation sites excluding steroid dienone is 1. The lowest BCUT2D eigenvalue weighted by Gasteiger charge is -2.27. The van der Waals surface area contributed by atoms with Gasteiger partial charge in [-0.15, -0.1) is 0 Å². The van der Waals surface area contributed by atoms with E-state index in [1.807, 2.05) is 16.4 Å². The highest BCUT2D eigenvalue weighted by atomic mass is 35.5. The molecule has 1 saturated heterocycles. The molecule has 1 heterocycles. The van der Waals surface area contributed by atoms with Gasteiger partial charge in [0.25, 0.3) is 0 Å². The normalized spacial score (nSPS) is 21.3. The van der Waals surface area contributed by atoms with Gasteiger partial charge in [-0.3, -0.25) is 4.99 Å². The van der Waals surface area contributed by atoms with E-state index in [2.05, 4.69) is 18.0 Å². The van der Waals surface area contributed by atoms with Gasteiger partial charge in [0, 0.05) is 30.4 Å². The van der Waals surface area contributed by atoms with Gasteiger partial charge in [0.2, 0.25) is 0 Å². The van der Waals surface area contributed by atoms with Crippen molar-refractivity contribution in [1.29, 1.82) is 0 Å². The molecule has 0 radical (unpaired) electrons. The van der Waals surface area contributed by atoms with Crippen LogP contribution in [0.1, 0.15) is 32.6 Å². The third-order valence-electron chi connectivity index (χ3n) is 4.32. The van der Waals surface area contributed by atoms with Crippen molar-refractivity contribution in [2.75, 3.05) is 19.6 Å². The van der Waals surface area contributed by atoms with E-state index in [9.17, 15) is 4.21 Å². The van der Waals surface area contributed by atoms with Crippen LogP contribution in [0, 0.1) is 5.92 Å². The molecule has 3 rings (SSSR count). The summed E-state index contributed by atoms with van der Waals surface area (Å²) in [6.45, 7) is 4.74. The SMILES string of the molecule is CC(C=C1CCN(S(=O)c2ccc(Cl)cc2)CC1)=NCC1CC1. The molecular formula is C18H23ClN2OS. The summed E-state index contributed by atoms with van der Waals surface area (Å²) in [5, 5.41) is 0.676. The fourth-order valence-electron chi connectivity index (χ4n) is 2.70. The van der Waals surface area contributed by atoms with Crippen LogP contribution < -0.4 is 0 Å². The molecule has 0 bridgehead atoms. The Kier molecular flexibility index (Phi) is 5.67. The first kappa shape index (κ1) is 16.9. The van der Waals surface area contributed by atoms with E-state index in [1.54, 1.807) is 12.1 Å². The van der Waals surface area contributed by atoms with Crippen molar-refractivity contribution in [2.45, 2.75) is 37.5 Å². The van der Waals surface area contributed by atoms with Crippen molar-refractivity contribution >= 4 is 28.3 Å². The maximum atomic E-state index is 12.6. The first-order valence-electron chi connectivity index (χ1n) is 8.25. The minimum Gasteiger partial charge on any atom is -0.290 e. The molecule has 1 atom stereocenters. The lowest BCUT2D eigenvalue weighted by Crippen LogP contribution is -2.32. The van der Waals surface area contributed by atoms with Crippen molar-refractivity contribution < 1.29 is 4.21 Å². The Morgan fingerprint density at radius 2 is 1.96 bits per heavy atom. The summed E-state index contributed by atoms with van der Waals surface area (Å²) >= 11 is 5.89. The van der Waals surface area contributed by atoms with E-state index < -0.39 is 11.0 Å². The average molecular weight is 351 g/mol. The first-order valence-corrected chi connectivity index (χ1v) is 9.73. The summed E-state index contributed by atoms with van der Waals surface area (Å²) < 4.78 is 14.6. The van der Waals surface area contributed by atoms with Crippen molar-refractivity contribution in [2.24, 2.45) is 10.9 Å². The summed E-state index contributed by atoms with van der Waals surface area (Å²) in [6, 6.07) is 7.28. The Hall–Kier alpha value is -0.970. The van der Waals surface area contributed by atoms with Gasteiger partial charge in [-0.05, 0) is 68.9 Å². The Morgan fingerprint density at radius 1 is 1.30 bits per heavy atom. The van der Waals surface area contributed by atoms with Crippen LogP contribution in [0.3, 0.4) is 0 Å². The Labute approximate surface area is 146 Å². The van der Waals surface area contributed by atoms with Crippen molar-refractivity contribution in [3.8, 4) is 0 Å². The molecule has 1 aliphatic heterocycles. The molecule has 0 amide bonds. The lowest BCUT2D eigenvalue weighted by atomic mass is 10.0. The van der Waals surface area contributed by atoms with Gasteiger partial charge in [0.05, 0.1) is 4.90 Å². The van der Waals surface area contributed by atoms with Crippen molar-refractivity contribution in [1.82, 2.24) is 4.31 Å². The van der Waals surface area contributed by atoms with E-state index in [0.29, 0.717) is 5.02 Å². The van der Waals surface area contributed by atoms with E-state index in [4.69, 9.17) is 11.6 Å². The molecule has 0 aromatic heterocycles. The number of aliphatic imine (C=N–C) groups is 1. The van der Waals surface area contributed by atoms with Gasteiger partial charge in [-0.2, -0.15) is 0 Å². The van der Waals surface area contributed by atoms with Gasteiger partial charge in [-0.25, -0.2) is 8.51 Å². The molecule has 1 aliphatic carbocycles. The molecule has 23 heavy (non-hydrogen) atoms. The molecule has 0 N–H and O–H groups in total. The Balaban J connectivity index is 1.54. The van der Waals surface area contributed by atoms with E-state index in [0.717, 1.165) is 49.0 Å². The number of rotatable bonds is 5. The maximum absolute atomic E-state index is 12.6. The summed E-state index contributed by atoms with van der Waals surface area (Å²) in [7, 11) is -1.09. The lowest BCUT2D eigenvalue weighted by molar-refractivity contribution is 0.414. The maximum Gasteiger partial charge on any atom is 0.127 e. The van der Waals surface area contributed by atoms with Crippen LogP contribution in [0.4, 0.5) is 0 Å². The molecule has 2 aliphatic rings. The van der Waals surface area contributed by atoms with E-state index in [-0.39, 0.29) is 0 Å². The molecule has 0 spiro atoms. The number of benzene rings is 1. The predicted molar refractivity (Wildman–Crippen MR) is 97.5 cm³/mol. The summed E-state index contributed by atoms with van der Waals surface area (Å²) in [5.74, 6) is 0.840. The van der Waals surface area contributed by atoms with Crippen molar-refractivity contribution in [3.63, 3.8) is 0 Å². The second kappa shape index (κ2) is 7.73. The highest BCUT2D eigenvalue weighted by Gasteiger charge is 2.21. The average Bonchev–Trinajstić information content (AvgIpc) is 3.38. The quantitative estimate of drug-likeness (QED) is 0.730. The summed E-state index contributed by atoms with van der Waals surface area (Å²) in [6.07, 6.45) is 6.85. The molecule has 1 aromatic carbocycles. The fourth-order valence-corrected chi connectivity index (χ4v) is 4.01. The van der Waals surface area contributed by atoms with Crippen LogP contribution in [0.5, 0.6) is 0 Å². The largest absolute Gasteiger partial charge is 0.290 e. The molecule has 2 fully saturated rings. The predicted octanol–water partition coefficient (Wildman–Crippen LogP) is 4.26. The molecule has 1 aromatic rings. The Bertz CT molecular complexity index is 625. The number of nitrogens with zero attached hydrogens (tertiary/aromatic N) is 2. The topological polar surface area (TPSA) is 32.7 Å². The second-order valence-corrected chi connectivity index (χ2v) is 8.28. The molecule has 3 nitrogen and oxygen atoms in total. The monoisotopic (exact) mass is 350 g/mol.